The number of rotatable bonds is 8. The van der Waals surface area contributed by atoms with Gasteiger partial charge in [0.2, 0.25) is 0 Å². The minimum atomic E-state index is -2.38. The minimum Gasteiger partial charge on any atom is -0.378 e. The number of hydrogen-bond acceptors (Lipinski definition) is 4. The molecule has 0 bridgehead atoms. The van der Waals surface area contributed by atoms with Crippen LogP contribution in [0.2, 0.25) is 6.04 Å². The molecule has 1 rings (SSSR count). The predicted octanol–water partition coefficient (Wildman–Crippen LogP) is 2.85. The number of hydrogen-bond donors (Lipinski definition) is 0. The van der Waals surface area contributed by atoms with Gasteiger partial charge in [-0.1, -0.05) is 12.8 Å². The Balaban J connectivity index is 2.37. The fourth-order valence-electron chi connectivity index (χ4n) is 2.83. The molecule has 0 spiro atoms. The molecule has 0 radical (unpaired) electrons. The molecular formula is C13H28O4Si. The molecule has 1 saturated carbocycles. The van der Waals surface area contributed by atoms with Gasteiger partial charge in [0.15, 0.2) is 0 Å². The van der Waals surface area contributed by atoms with E-state index in [0.717, 1.165) is 25.0 Å². The summed E-state index contributed by atoms with van der Waals surface area (Å²) in [4.78, 5) is 0. The van der Waals surface area contributed by atoms with Crippen molar-refractivity contribution in [1.29, 1.82) is 0 Å². The summed E-state index contributed by atoms with van der Waals surface area (Å²) < 4.78 is 22.1. The van der Waals surface area contributed by atoms with Crippen molar-refractivity contribution in [3.8, 4) is 0 Å². The molecule has 18 heavy (non-hydrogen) atoms. The van der Waals surface area contributed by atoms with Crippen LogP contribution in [-0.2, 0) is 18.0 Å². The van der Waals surface area contributed by atoms with Crippen LogP contribution in [0.25, 0.3) is 0 Å². The summed E-state index contributed by atoms with van der Waals surface area (Å²) in [6.07, 6.45) is 6.53. The Hall–Kier alpha value is 0.0569. The molecule has 0 aliphatic heterocycles. The average molecular weight is 276 g/mol. The molecule has 5 heteroatoms. The highest BCUT2D eigenvalue weighted by molar-refractivity contribution is 6.60. The first kappa shape index (κ1) is 16.1. The molecular weight excluding hydrogens is 248 g/mol. The average Bonchev–Trinajstić information content (AvgIpc) is 2.42. The van der Waals surface area contributed by atoms with Gasteiger partial charge in [-0.25, -0.2) is 0 Å². The van der Waals surface area contributed by atoms with Gasteiger partial charge in [-0.15, -0.1) is 0 Å². The lowest BCUT2D eigenvalue weighted by Crippen LogP contribution is -2.43. The molecule has 2 unspecified atom stereocenters. The van der Waals surface area contributed by atoms with Crippen LogP contribution in [0.15, 0.2) is 0 Å². The zero-order valence-corrected chi connectivity index (χ0v) is 13.2. The van der Waals surface area contributed by atoms with Gasteiger partial charge in [0.05, 0.1) is 6.10 Å². The van der Waals surface area contributed by atoms with E-state index in [-0.39, 0.29) is 0 Å². The first-order chi connectivity index (χ1) is 8.69. The van der Waals surface area contributed by atoms with E-state index in [1.165, 1.54) is 25.7 Å². The van der Waals surface area contributed by atoms with Gasteiger partial charge >= 0.3 is 8.80 Å². The standard InChI is InChI=1S/C13H28O4Si/c1-5-17-13-8-6-7-12(11-13)9-10-18(14-2,15-3)16-4/h12-13H,5-11H2,1-4H3. The molecule has 0 aromatic rings. The van der Waals surface area contributed by atoms with Gasteiger partial charge in [-0.3, -0.25) is 0 Å². The summed E-state index contributed by atoms with van der Waals surface area (Å²) in [7, 11) is 2.67. The van der Waals surface area contributed by atoms with Crippen LogP contribution in [0.4, 0.5) is 0 Å². The second kappa shape index (κ2) is 8.27. The maximum Gasteiger partial charge on any atom is 0.500 e. The Labute approximate surface area is 112 Å². The molecule has 4 nitrogen and oxygen atoms in total. The molecule has 1 aliphatic carbocycles. The quantitative estimate of drug-likeness (QED) is 0.639. The Kier molecular flexibility index (Phi) is 7.40. The van der Waals surface area contributed by atoms with E-state index in [2.05, 4.69) is 6.92 Å². The van der Waals surface area contributed by atoms with Crippen LogP contribution in [0, 0.1) is 5.92 Å². The van der Waals surface area contributed by atoms with Crippen LogP contribution in [-0.4, -0.2) is 42.8 Å². The third-order valence-electron chi connectivity index (χ3n) is 3.93. The Bertz CT molecular complexity index is 211. The molecule has 0 amide bonds. The smallest absolute Gasteiger partial charge is 0.378 e. The van der Waals surface area contributed by atoms with Crippen molar-refractivity contribution in [3.05, 3.63) is 0 Å². The first-order valence-corrected chi connectivity index (χ1v) is 8.90. The minimum absolute atomic E-state index is 0.456. The second-order valence-electron chi connectivity index (χ2n) is 4.94. The van der Waals surface area contributed by atoms with E-state index in [0.29, 0.717) is 6.10 Å². The summed E-state index contributed by atoms with van der Waals surface area (Å²) >= 11 is 0. The largest absolute Gasteiger partial charge is 0.500 e. The van der Waals surface area contributed by atoms with Crippen molar-refractivity contribution < 1.29 is 18.0 Å². The lowest BCUT2D eigenvalue weighted by molar-refractivity contribution is 0.0187. The normalized spacial score (nSPS) is 25.3. The van der Waals surface area contributed by atoms with Crippen molar-refractivity contribution in [2.45, 2.75) is 51.2 Å². The van der Waals surface area contributed by atoms with Gasteiger partial charge < -0.3 is 18.0 Å². The summed E-state index contributed by atoms with van der Waals surface area (Å²) in [5.74, 6) is 0.725. The van der Waals surface area contributed by atoms with Gasteiger partial charge in [0.1, 0.15) is 0 Å². The lowest BCUT2D eigenvalue weighted by Gasteiger charge is -2.31. The summed E-state index contributed by atoms with van der Waals surface area (Å²) in [6.45, 7) is 2.90. The van der Waals surface area contributed by atoms with Crippen molar-refractivity contribution in [1.82, 2.24) is 0 Å². The van der Waals surface area contributed by atoms with Gasteiger partial charge in [-0.05, 0) is 32.1 Å². The molecule has 0 N–H and O–H groups in total. The Morgan fingerprint density at radius 1 is 1.06 bits per heavy atom. The van der Waals surface area contributed by atoms with Crippen LogP contribution in [0.3, 0.4) is 0 Å². The summed E-state index contributed by atoms with van der Waals surface area (Å²) in [6, 6.07) is 0.903. The third-order valence-corrected chi connectivity index (χ3v) is 6.70. The van der Waals surface area contributed by atoms with E-state index >= 15 is 0 Å². The Morgan fingerprint density at radius 2 is 1.72 bits per heavy atom. The van der Waals surface area contributed by atoms with Crippen molar-refractivity contribution in [3.63, 3.8) is 0 Å². The lowest BCUT2D eigenvalue weighted by atomic mass is 9.85. The van der Waals surface area contributed by atoms with Crippen molar-refractivity contribution in [2.75, 3.05) is 27.9 Å². The SMILES string of the molecule is CCOC1CCCC(CC[Si](OC)(OC)OC)C1. The summed E-state index contributed by atoms with van der Waals surface area (Å²) in [5, 5.41) is 0. The zero-order valence-electron chi connectivity index (χ0n) is 12.2. The fourth-order valence-corrected chi connectivity index (χ4v) is 4.70. The van der Waals surface area contributed by atoms with Crippen LogP contribution in [0.5, 0.6) is 0 Å². The van der Waals surface area contributed by atoms with Crippen LogP contribution in [0.1, 0.15) is 39.0 Å². The monoisotopic (exact) mass is 276 g/mol. The van der Waals surface area contributed by atoms with Crippen molar-refractivity contribution >= 4 is 8.80 Å². The highest BCUT2D eigenvalue weighted by Crippen LogP contribution is 2.31. The van der Waals surface area contributed by atoms with Crippen LogP contribution >= 0.6 is 0 Å². The van der Waals surface area contributed by atoms with E-state index in [4.69, 9.17) is 18.0 Å². The molecule has 2 atom stereocenters. The second-order valence-corrected chi connectivity index (χ2v) is 8.03. The molecule has 108 valence electrons. The number of ether oxygens (including phenoxy) is 1. The maximum atomic E-state index is 5.74. The third kappa shape index (κ3) is 4.62. The topological polar surface area (TPSA) is 36.9 Å². The van der Waals surface area contributed by atoms with Gasteiger partial charge in [-0.2, -0.15) is 0 Å². The molecule has 1 aliphatic rings. The molecule has 0 aromatic carbocycles. The molecule has 0 heterocycles. The highest BCUT2D eigenvalue weighted by atomic mass is 28.4. The van der Waals surface area contributed by atoms with Gasteiger partial charge in [0, 0.05) is 34.0 Å². The van der Waals surface area contributed by atoms with Gasteiger partial charge in [0.25, 0.3) is 0 Å². The molecule has 1 fully saturated rings. The molecule has 0 aromatic heterocycles. The van der Waals surface area contributed by atoms with Crippen LogP contribution < -0.4 is 0 Å². The van der Waals surface area contributed by atoms with Crippen molar-refractivity contribution in [2.24, 2.45) is 5.92 Å². The van der Waals surface area contributed by atoms with E-state index < -0.39 is 8.80 Å². The van der Waals surface area contributed by atoms with E-state index in [9.17, 15) is 0 Å². The molecule has 0 saturated heterocycles. The zero-order chi connectivity index (χ0) is 13.4. The Morgan fingerprint density at radius 3 is 2.28 bits per heavy atom. The first-order valence-electron chi connectivity index (χ1n) is 6.96. The van der Waals surface area contributed by atoms with E-state index in [1.807, 2.05) is 0 Å². The van der Waals surface area contributed by atoms with E-state index in [1.54, 1.807) is 21.3 Å². The predicted molar refractivity (Wildman–Crippen MR) is 73.6 cm³/mol. The fraction of sp³-hybridized carbons (Fsp3) is 1.00. The maximum absolute atomic E-state index is 5.74. The highest BCUT2D eigenvalue weighted by Gasteiger charge is 2.38. The summed E-state index contributed by atoms with van der Waals surface area (Å²) in [5.41, 5.74) is 0.